The van der Waals surface area contributed by atoms with Crippen molar-refractivity contribution in [1.29, 1.82) is 0 Å². The van der Waals surface area contributed by atoms with Crippen LogP contribution in [0.4, 0.5) is 5.69 Å². The van der Waals surface area contributed by atoms with Crippen LogP contribution in [0.3, 0.4) is 0 Å². The van der Waals surface area contributed by atoms with Gasteiger partial charge in [0.25, 0.3) is 0 Å². The minimum atomic E-state index is -0.558. The number of nitrogens with zero attached hydrogens (tertiary/aromatic N) is 1. The first-order chi connectivity index (χ1) is 12.0. The molecule has 0 saturated carbocycles. The Morgan fingerprint density at radius 3 is 2.56 bits per heavy atom. The average molecular weight is 367 g/mol. The zero-order valence-corrected chi connectivity index (χ0v) is 15.3. The second-order valence-corrected chi connectivity index (χ2v) is 6.51. The molecule has 0 unspecified atom stereocenters. The third kappa shape index (κ3) is 4.95. The van der Waals surface area contributed by atoms with Gasteiger partial charge in [-0.05, 0) is 37.5 Å². The molecule has 0 atom stereocenters. The smallest absolute Gasteiger partial charge is 0.340 e. The zero-order chi connectivity index (χ0) is 18.4. The van der Waals surface area contributed by atoms with E-state index in [0.717, 1.165) is 6.42 Å². The number of ether oxygens (including phenoxy) is 1. The number of piperidine rings is 1. The maximum absolute atomic E-state index is 12.5. The highest BCUT2D eigenvalue weighted by Gasteiger charge is 2.27. The Bertz CT molecular complexity index is 654. The van der Waals surface area contributed by atoms with E-state index in [2.05, 4.69) is 5.32 Å². The number of methoxy groups -OCH3 is 1. The van der Waals surface area contributed by atoms with E-state index >= 15 is 0 Å². The first kappa shape index (κ1) is 19.2. The van der Waals surface area contributed by atoms with Gasteiger partial charge in [-0.25, -0.2) is 4.79 Å². The van der Waals surface area contributed by atoms with E-state index in [1.165, 1.54) is 13.2 Å². The lowest BCUT2D eigenvalue weighted by Gasteiger charge is -2.31. The summed E-state index contributed by atoms with van der Waals surface area (Å²) in [5, 5.41) is 3.18. The molecule has 1 aliphatic rings. The number of anilines is 1. The lowest BCUT2D eigenvalue weighted by Crippen LogP contribution is -2.41. The van der Waals surface area contributed by atoms with Crippen LogP contribution >= 0.6 is 11.6 Å². The molecule has 2 rings (SSSR count). The van der Waals surface area contributed by atoms with E-state index in [1.807, 2.05) is 11.8 Å². The molecular formula is C18H23ClN2O4. The molecule has 6 nitrogen and oxygen atoms in total. The fourth-order valence-corrected chi connectivity index (χ4v) is 3.07. The Kier molecular flexibility index (Phi) is 6.82. The van der Waals surface area contributed by atoms with Gasteiger partial charge in [-0.1, -0.05) is 18.5 Å². The molecule has 1 aromatic carbocycles. The van der Waals surface area contributed by atoms with Crippen LogP contribution in [0.1, 0.15) is 43.0 Å². The first-order valence-corrected chi connectivity index (χ1v) is 8.80. The maximum atomic E-state index is 12.5. The summed E-state index contributed by atoms with van der Waals surface area (Å²) in [6, 6.07) is 4.66. The topological polar surface area (TPSA) is 75.7 Å². The van der Waals surface area contributed by atoms with Gasteiger partial charge in [-0.2, -0.15) is 0 Å². The predicted molar refractivity (Wildman–Crippen MR) is 95.6 cm³/mol. The molecule has 2 amide bonds. The van der Waals surface area contributed by atoms with Crippen molar-refractivity contribution in [1.82, 2.24) is 4.90 Å². The summed E-state index contributed by atoms with van der Waals surface area (Å²) in [6.07, 6.45) is 2.60. The van der Waals surface area contributed by atoms with Gasteiger partial charge < -0.3 is 15.0 Å². The maximum Gasteiger partial charge on any atom is 0.340 e. The van der Waals surface area contributed by atoms with Crippen molar-refractivity contribution in [3.8, 4) is 0 Å². The minimum absolute atomic E-state index is 0.145. The number of esters is 1. The Morgan fingerprint density at radius 1 is 1.28 bits per heavy atom. The number of benzene rings is 1. The van der Waals surface area contributed by atoms with E-state index in [0.29, 0.717) is 43.1 Å². The highest BCUT2D eigenvalue weighted by atomic mass is 35.5. The Morgan fingerprint density at radius 2 is 1.96 bits per heavy atom. The minimum Gasteiger partial charge on any atom is -0.465 e. The molecule has 0 aliphatic carbocycles. The normalized spacial score (nSPS) is 14.9. The third-order valence-electron chi connectivity index (χ3n) is 4.33. The molecule has 1 aromatic rings. The lowest BCUT2D eigenvalue weighted by molar-refractivity contribution is -0.134. The van der Waals surface area contributed by atoms with Crippen LogP contribution in [-0.4, -0.2) is 42.9 Å². The average Bonchev–Trinajstić information content (AvgIpc) is 2.62. The largest absolute Gasteiger partial charge is 0.465 e. The van der Waals surface area contributed by atoms with Gasteiger partial charge in [0.2, 0.25) is 11.8 Å². The van der Waals surface area contributed by atoms with E-state index in [9.17, 15) is 14.4 Å². The highest BCUT2D eigenvalue weighted by Crippen LogP contribution is 2.24. The number of amides is 2. The summed E-state index contributed by atoms with van der Waals surface area (Å²) < 4.78 is 4.73. The van der Waals surface area contributed by atoms with E-state index < -0.39 is 5.97 Å². The van der Waals surface area contributed by atoms with Gasteiger partial charge in [-0.15, -0.1) is 0 Å². The van der Waals surface area contributed by atoms with Gasteiger partial charge in [0.1, 0.15) is 0 Å². The lowest BCUT2D eigenvalue weighted by atomic mass is 9.95. The number of nitrogens with one attached hydrogen (secondary N) is 1. The molecule has 1 fully saturated rings. The molecule has 25 heavy (non-hydrogen) atoms. The summed E-state index contributed by atoms with van der Waals surface area (Å²) >= 11 is 5.92. The molecule has 1 N–H and O–H groups in total. The van der Waals surface area contributed by atoms with Crippen LogP contribution in [0.2, 0.25) is 5.02 Å². The van der Waals surface area contributed by atoms with Gasteiger partial charge in [0.05, 0.1) is 18.4 Å². The monoisotopic (exact) mass is 366 g/mol. The van der Waals surface area contributed by atoms with E-state index in [-0.39, 0.29) is 23.3 Å². The van der Waals surface area contributed by atoms with E-state index in [1.54, 1.807) is 12.1 Å². The van der Waals surface area contributed by atoms with Crippen LogP contribution in [-0.2, 0) is 14.3 Å². The molecule has 0 aromatic heterocycles. The SMILES string of the molecule is CCCC(=O)N1CCC(C(=O)Nc2ccc(Cl)cc2C(=O)OC)CC1. The van der Waals surface area contributed by atoms with Crippen LogP contribution in [0.15, 0.2) is 18.2 Å². The standard InChI is InChI=1S/C18H23ClN2O4/c1-3-4-16(22)21-9-7-12(8-10-21)17(23)20-15-6-5-13(19)11-14(15)18(24)25-2/h5-6,11-12H,3-4,7-10H2,1-2H3,(H,20,23). The summed E-state index contributed by atoms with van der Waals surface area (Å²) in [4.78, 5) is 38.1. The first-order valence-electron chi connectivity index (χ1n) is 8.42. The van der Waals surface area contributed by atoms with Crippen molar-refractivity contribution in [2.24, 2.45) is 5.92 Å². The van der Waals surface area contributed by atoms with Gasteiger partial charge in [0, 0.05) is 30.5 Å². The number of hydrogen-bond acceptors (Lipinski definition) is 4. The van der Waals surface area contributed by atoms with Crippen LogP contribution in [0, 0.1) is 5.92 Å². The van der Waals surface area contributed by atoms with Crippen LogP contribution in [0.5, 0.6) is 0 Å². The zero-order valence-electron chi connectivity index (χ0n) is 14.5. The molecule has 0 radical (unpaired) electrons. The summed E-state index contributed by atoms with van der Waals surface area (Å²) in [5.74, 6) is -0.758. The van der Waals surface area contributed by atoms with Crippen molar-refractivity contribution in [3.05, 3.63) is 28.8 Å². The molecule has 1 saturated heterocycles. The second-order valence-electron chi connectivity index (χ2n) is 6.08. The molecule has 7 heteroatoms. The molecule has 0 bridgehead atoms. The van der Waals surface area contributed by atoms with Crippen LogP contribution in [0.25, 0.3) is 0 Å². The number of halogens is 1. The predicted octanol–water partition coefficient (Wildman–Crippen LogP) is 3.10. The number of carbonyl (C=O) groups is 3. The quantitative estimate of drug-likeness (QED) is 0.812. The Balaban J connectivity index is 2.00. The summed E-state index contributed by atoms with van der Waals surface area (Å²) in [7, 11) is 1.28. The van der Waals surface area contributed by atoms with Crippen LogP contribution < -0.4 is 5.32 Å². The van der Waals surface area contributed by atoms with Crippen molar-refractivity contribution in [2.45, 2.75) is 32.6 Å². The molecule has 0 spiro atoms. The van der Waals surface area contributed by atoms with Gasteiger partial charge in [0.15, 0.2) is 0 Å². The fourth-order valence-electron chi connectivity index (χ4n) is 2.90. The molecule has 1 aliphatic heterocycles. The van der Waals surface area contributed by atoms with Crippen molar-refractivity contribution < 1.29 is 19.1 Å². The third-order valence-corrected chi connectivity index (χ3v) is 4.56. The second kappa shape index (κ2) is 8.85. The molecule has 136 valence electrons. The van der Waals surface area contributed by atoms with Gasteiger partial charge >= 0.3 is 5.97 Å². The van der Waals surface area contributed by atoms with Gasteiger partial charge in [-0.3, -0.25) is 9.59 Å². The van der Waals surface area contributed by atoms with E-state index in [4.69, 9.17) is 16.3 Å². The number of rotatable bonds is 5. The molecular weight excluding hydrogens is 344 g/mol. The Hall–Kier alpha value is -2.08. The fraction of sp³-hybridized carbons (Fsp3) is 0.500. The number of hydrogen-bond donors (Lipinski definition) is 1. The number of likely N-dealkylation sites (tertiary alicyclic amines) is 1. The Labute approximate surface area is 152 Å². The summed E-state index contributed by atoms with van der Waals surface area (Å²) in [6.45, 7) is 3.14. The highest BCUT2D eigenvalue weighted by molar-refractivity contribution is 6.31. The van der Waals surface area contributed by atoms with Crippen molar-refractivity contribution >= 4 is 35.1 Å². The van der Waals surface area contributed by atoms with Crippen molar-refractivity contribution in [3.63, 3.8) is 0 Å². The summed E-state index contributed by atoms with van der Waals surface area (Å²) in [5.41, 5.74) is 0.602. The number of carbonyl (C=O) groups excluding carboxylic acids is 3. The molecule has 1 heterocycles. The van der Waals surface area contributed by atoms with Crippen molar-refractivity contribution in [2.75, 3.05) is 25.5 Å².